The van der Waals surface area contributed by atoms with Crippen LogP contribution in [0, 0.1) is 0 Å². The Balaban J connectivity index is 1.46. The van der Waals surface area contributed by atoms with E-state index in [-0.39, 0.29) is 6.04 Å². The van der Waals surface area contributed by atoms with Crippen LogP contribution < -0.4 is 0 Å². The third-order valence-electron chi connectivity index (χ3n) is 6.70. The third-order valence-corrected chi connectivity index (χ3v) is 8.93. The highest BCUT2D eigenvalue weighted by molar-refractivity contribution is 7.89. The molecule has 1 unspecified atom stereocenters. The molecule has 2 aliphatic heterocycles. The van der Waals surface area contributed by atoms with Gasteiger partial charge < -0.3 is 9.30 Å². The minimum Gasteiger partial charge on any atom is -0.379 e. The summed E-state index contributed by atoms with van der Waals surface area (Å²) in [4.78, 5) is 7.62. The fraction of sp³-hybridized carbons (Fsp3) is 0.458. The molecule has 2 aromatic carbocycles. The maximum Gasteiger partial charge on any atom is 0.243 e. The number of imidazole rings is 1. The number of hydrogen-bond donors (Lipinski definition) is 0. The molecule has 2 fully saturated rings. The number of aryl methyl sites for hydroxylation is 1. The highest BCUT2D eigenvalue weighted by Crippen LogP contribution is 2.37. The normalized spacial score (nSPS) is 20.6. The van der Waals surface area contributed by atoms with Gasteiger partial charge in [0.2, 0.25) is 10.0 Å². The first-order valence-corrected chi connectivity index (χ1v) is 13.4. The molecular weight excluding hydrogens is 460 g/mol. The lowest BCUT2D eigenvalue weighted by Gasteiger charge is -2.26. The first-order chi connectivity index (χ1) is 16.0. The van der Waals surface area contributed by atoms with Crippen molar-refractivity contribution < 1.29 is 13.2 Å². The number of ether oxygens (including phenoxy) is 1. The Morgan fingerprint density at radius 2 is 1.91 bits per heavy atom. The van der Waals surface area contributed by atoms with Crippen molar-refractivity contribution >= 4 is 32.7 Å². The number of rotatable bonds is 6. The van der Waals surface area contributed by atoms with Crippen molar-refractivity contribution in [2.24, 2.45) is 0 Å². The summed E-state index contributed by atoms with van der Waals surface area (Å²) >= 11 is 6.50. The van der Waals surface area contributed by atoms with E-state index >= 15 is 0 Å². The second-order valence-corrected chi connectivity index (χ2v) is 10.9. The highest BCUT2D eigenvalue weighted by atomic mass is 35.5. The summed E-state index contributed by atoms with van der Waals surface area (Å²) in [6, 6.07) is 13.6. The van der Waals surface area contributed by atoms with Crippen molar-refractivity contribution in [3.63, 3.8) is 0 Å². The molecular formula is C24H29ClN4O3S. The molecule has 0 radical (unpaired) electrons. The molecule has 0 spiro atoms. The van der Waals surface area contributed by atoms with E-state index < -0.39 is 10.0 Å². The van der Waals surface area contributed by atoms with Gasteiger partial charge in [0.15, 0.2) is 0 Å². The summed E-state index contributed by atoms with van der Waals surface area (Å²) in [5.74, 6) is 0.951. The van der Waals surface area contributed by atoms with E-state index in [1.165, 1.54) is 4.31 Å². The summed E-state index contributed by atoms with van der Waals surface area (Å²) < 4.78 is 35.2. The maximum atomic E-state index is 13.1. The highest BCUT2D eigenvalue weighted by Gasteiger charge is 2.30. The summed E-state index contributed by atoms with van der Waals surface area (Å²) in [6.07, 6.45) is 2.18. The van der Waals surface area contributed by atoms with Gasteiger partial charge in [-0.15, -0.1) is 0 Å². The summed E-state index contributed by atoms with van der Waals surface area (Å²) in [7, 11) is -3.56. The van der Waals surface area contributed by atoms with Gasteiger partial charge in [-0.3, -0.25) is 4.90 Å². The number of nitrogens with zero attached hydrogens (tertiary/aromatic N) is 4. The molecule has 0 amide bonds. The summed E-state index contributed by atoms with van der Waals surface area (Å²) in [5, 5.41) is 0.802. The zero-order valence-corrected chi connectivity index (χ0v) is 20.4. The fourth-order valence-corrected chi connectivity index (χ4v) is 6.71. The monoisotopic (exact) mass is 488 g/mol. The van der Waals surface area contributed by atoms with Crippen molar-refractivity contribution in [3.8, 4) is 0 Å². The lowest BCUT2D eigenvalue weighted by atomic mass is 10.0. The van der Waals surface area contributed by atoms with E-state index in [4.69, 9.17) is 21.3 Å². The molecule has 176 valence electrons. The van der Waals surface area contributed by atoms with E-state index in [1.54, 1.807) is 12.1 Å². The van der Waals surface area contributed by atoms with Crippen LogP contribution in [-0.4, -0.2) is 60.0 Å². The molecule has 7 nitrogen and oxygen atoms in total. The van der Waals surface area contributed by atoms with Gasteiger partial charge in [0.25, 0.3) is 0 Å². The Morgan fingerprint density at radius 3 is 2.67 bits per heavy atom. The molecule has 0 aliphatic carbocycles. The molecule has 1 aromatic heterocycles. The Hall–Kier alpha value is -1.97. The van der Waals surface area contributed by atoms with Crippen molar-refractivity contribution in [3.05, 3.63) is 58.9 Å². The van der Waals surface area contributed by atoms with Crippen molar-refractivity contribution in [2.45, 2.75) is 43.8 Å². The molecule has 0 saturated carbocycles. The number of aromatic nitrogens is 2. The molecule has 33 heavy (non-hydrogen) atoms. The molecule has 0 bridgehead atoms. The Labute approximate surface area is 200 Å². The van der Waals surface area contributed by atoms with Crippen molar-refractivity contribution in [2.75, 3.05) is 32.8 Å². The van der Waals surface area contributed by atoms with Gasteiger partial charge in [-0.05, 0) is 56.1 Å². The topological polar surface area (TPSA) is 67.7 Å². The largest absolute Gasteiger partial charge is 0.379 e. The minimum absolute atomic E-state index is 0.265. The third kappa shape index (κ3) is 4.31. The molecule has 2 aliphatic rings. The van der Waals surface area contributed by atoms with Crippen LogP contribution in [-0.2, 0) is 27.8 Å². The molecule has 5 rings (SSSR count). The van der Waals surface area contributed by atoms with Gasteiger partial charge in [-0.25, -0.2) is 13.4 Å². The summed E-state index contributed by atoms with van der Waals surface area (Å²) in [5.41, 5.74) is 2.84. The fourth-order valence-electron chi connectivity index (χ4n) is 5.02. The second-order valence-electron chi connectivity index (χ2n) is 8.59. The number of morpholine rings is 1. The Bertz CT molecular complexity index is 1250. The van der Waals surface area contributed by atoms with Gasteiger partial charge in [-0.1, -0.05) is 29.8 Å². The standard InChI is InChI=1S/C24H29ClN4O3S/c1-2-29-23-10-9-18(33(30,31)28-12-14-32-15-13-28)16-21(23)26-24(29)17-27-11-5-8-22(27)19-6-3-4-7-20(19)25/h3-4,6-7,9-10,16,22H,2,5,8,11-15,17H2,1H3. The molecule has 3 heterocycles. The van der Waals surface area contributed by atoms with Crippen LogP contribution in [0.15, 0.2) is 47.4 Å². The lowest BCUT2D eigenvalue weighted by Crippen LogP contribution is -2.40. The predicted molar refractivity (Wildman–Crippen MR) is 129 cm³/mol. The van der Waals surface area contributed by atoms with E-state index in [0.29, 0.717) is 37.7 Å². The van der Waals surface area contributed by atoms with Crippen molar-refractivity contribution in [1.82, 2.24) is 18.8 Å². The molecule has 3 aromatic rings. The average Bonchev–Trinajstić information content (AvgIpc) is 3.43. The lowest BCUT2D eigenvalue weighted by molar-refractivity contribution is 0.0730. The van der Waals surface area contributed by atoms with Crippen LogP contribution in [0.2, 0.25) is 5.02 Å². The van der Waals surface area contributed by atoms with Crippen LogP contribution in [0.4, 0.5) is 0 Å². The van der Waals surface area contributed by atoms with E-state index in [0.717, 1.165) is 53.4 Å². The number of likely N-dealkylation sites (tertiary alicyclic amines) is 1. The SMILES string of the molecule is CCn1c(CN2CCCC2c2ccccc2Cl)nc2cc(S(=O)(=O)N3CCOCC3)ccc21. The Morgan fingerprint density at radius 1 is 1.12 bits per heavy atom. The summed E-state index contributed by atoms with van der Waals surface area (Å²) in [6.45, 7) is 6.17. The first kappa shape index (κ1) is 22.8. The van der Waals surface area contributed by atoms with E-state index in [1.807, 2.05) is 24.3 Å². The first-order valence-electron chi connectivity index (χ1n) is 11.5. The molecule has 1 atom stereocenters. The van der Waals surface area contributed by atoms with Crippen LogP contribution in [0.1, 0.15) is 37.2 Å². The number of sulfonamides is 1. The number of benzene rings is 2. The minimum atomic E-state index is -3.56. The zero-order chi connectivity index (χ0) is 23.0. The smallest absolute Gasteiger partial charge is 0.243 e. The van der Waals surface area contributed by atoms with Gasteiger partial charge in [0.05, 0.1) is 35.7 Å². The molecule has 2 saturated heterocycles. The van der Waals surface area contributed by atoms with Crippen molar-refractivity contribution in [1.29, 1.82) is 0 Å². The van der Waals surface area contributed by atoms with E-state index in [9.17, 15) is 8.42 Å². The van der Waals surface area contributed by atoms with Crippen LogP contribution in [0.25, 0.3) is 11.0 Å². The van der Waals surface area contributed by atoms with Crippen LogP contribution in [0.5, 0.6) is 0 Å². The van der Waals surface area contributed by atoms with Gasteiger partial charge in [0.1, 0.15) is 5.82 Å². The maximum absolute atomic E-state index is 13.1. The number of fused-ring (bicyclic) bond motifs is 1. The number of halogens is 1. The zero-order valence-electron chi connectivity index (χ0n) is 18.8. The molecule has 0 N–H and O–H groups in total. The van der Waals surface area contributed by atoms with Crippen LogP contribution >= 0.6 is 11.6 Å². The number of hydrogen-bond acceptors (Lipinski definition) is 5. The predicted octanol–water partition coefficient (Wildman–Crippen LogP) is 4.07. The van der Waals surface area contributed by atoms with Gasteiger partial charge in [-0.2, -0.15) is 4.31 Å². The quantitative estimate of drug-likeness (QED) is 0.523. The van der Waals surface area contributed by atoms with Crippen LogP contribution in [0.3, 0.4) is 0 Å². The molecule has 9 heteroatoms. The van der Waals surface area contributed by atoms with Gasteiger partial charge >= 0.3 is 0 Å². The second kappa shape index (κ2) is 9.35. The van der Waals surface area contributed by atoms with E-state index in [2.05, 4.69) is 22.5 Å². The van der Waals surface area contributed by atoms with Gasteiger partial charge in [0, 0.05) is 30.7 Å². The Kier molecular flexibility index (Phi) is 6.46. The average molecular weight is 489 g/mol.